The Morgan fingerprint density at radius 1 is 0.350 bits per heavy atom. The van der Waals surface area contributed by atoms with Gasteiger partial charge >= 0.3 is 23.9 Å². The molecular formula is C28H12Cl4O8. The maximum Gasteiger partial charge on any atom is 0.347 e. The van der Waals surface area contributed by atoms with Crippen molar-refractivity contribution in [3.05, 3.63) is 115 Å². The Hall–Kier alpha value is -4.08. The van der Waals surface area contributed by atoms with Gasteiger partial charge in [-0.1, -0.05) is 46.4 Å². The molecule has 0 spiro atoms. The number of carbonyl (C=O) groups is 4. The van der Waals surface area contributed by atoms with Crippen molar-refractivity contribution in [3.8, 4) is 23.0 Å². The van der Waals surface area contributed by atoms with Crippen molar-refractivity contribution in [1.29, 1.82) is 0 Å². The summed E-state index contributed by atoms with van der Waals surface area (Å²) in [6.07, 6.45) is 0. The second-order valence-electron chi connectivity index (χ2n) is 8.12. The van der Waals surface area contributed by atoms with Crippen LogP contribution in [0.5, 0.6) is 23.0 Å². The number of fused-ring (bicyclic) bond motifs is 4. The molecule has 4 aromatic rings. The van der Waals surface area contributed by atoms with Gasteiger partial charge in [0, 0.05) is 20.1 Å². The summed E-state index contributed by atoms with van der Waals surface area (Å²) < 4.78 is 21.9. The molecule has 5 rings (SSSR count). The van der Waals surface area contributed by atoms with Crippen LogP contribution in [0, 0.1) is 0 Å². The zero-order valence-corrected chi connectivity index (χ0v) is 22.7. The molecule has 0 saturated heterocycles. The largest absolute Gasteiger partial charge is 0.422 e. The lowest BCUT2D eigenvalue weighted by Gasteiger charge is -2.16. The summed E-state index contributed by atoms with van der Waals surface area (Å²) in [5.41, 5.74) is -0.990. The third-order valence-electron chi connectivity index (χ3n) is 5.46. The maximum absolute atomic E-state index is 13.2. The molecule has 12 heteroatoms. The third-order valence-corrected chi connectivity index (χ3v) is 6.40. The number of hydrogen-bond donors (Lipinski definition) is 0. The molecule has 0 aliphatic carbocycles. The molecule has 8 nitrogen and oxygen atoms in total. The Labute approximate surface area is 245 Å². The van der Waals surface area contributed by atoms with Crippen LogP contribution in [0.3, 0.4) is 0 Å². The first-order valence-electron chi connectivity index (χ1n) is 11.2. The summed E-state index contributed by atoms with van der Waals surface area (Å²) in [4.78, 5) is 52.9. The van der Waals surface area contributed by atoms with E-state index in [0.29, 0.717) is 0 Å². The van der Waals surface area contributed by atoms with Crippen molar-refractivity contribution >= 4 is 70.3 Å². The van der Waals surface area contributed by atoms with Crippen molar-refractivity contribution in [1.82, 2.24) is 0 Å². The topological polar surface area (TPSA) is 105 Å². The van der Waals surface area contributed by atoms with Gasteiger partial charge in [-0.3, -0.25) is 0 Å². The highest BCUT2D eigenvalue weighted by Crippen LogP contribution is 2.33. The maximum atomic E-state index is 13.2. The highest BCUT2D eigenvalue weighted by molar-refractivity contribution is 6.32. The summed E-state index contributed by atoms with van der Waals surface area (Å²) in [5, 5.41) is 0.517. The number of esters is 4. The van der Waals surface area contributed by atoms with Gasteiger partial charge in [-0.25, -0.2) is 19.2 Å². The Morgan fingerprint density at radius 2 is 0.550 bits per heavy atom. The predicted molar refractivity (Wildman–Crippen MR) is 146 cm³/mol. The molecule has 200 valence electrons. The zero-order valence-electron chi connectivity index (χ0n) is 19.7. The van der Waals surface area contributed by atoms with Gasteiger partial charge in [-0.05, 0) is 72.8 Å². The molecule has 0 N–H and O–H groups in total. The second-order valence-corrected chi connectivity index (χ2v) is 9.87. The monoisotopic (exact) mass is 616 g/mol. The molecule has 1 aliphatic rings. The molecular weight excluding hydrogens is 606 g/mol. The van der Waals surface area contributed by atoms with Crippen molar-refractivity contribution in [2.45, 2.75) is 0 Å². The number of rotatable bonds is 0. The van der Waals surface area contributed by atoms with E-state index in [1.165, 1.54) is 72.8 Å². The fourth-order valence-electron chi connectivity index (χ4n) is 3.62. The van der Waals surface area contributed by atoms with E-state index in [0.717, 1.165) is 0 Å². The average molecular weight is 618 g/mol. The molecule has 0 saturated carbocycles. The van der Waals surface area contributed by atoms with Gasteiger partial charge in [0.25, 0.3) is 0 Å². The number of benzene rings is 4. The summed E-state index contributed by atoms with van der Waals surface area (Å²) in [6, 6.07) is 15.4. The quantitative estimate of drug-likeness (QED) is 0.148. The van der Waals surface area contributed by atoms with Crippen LogP contribution in [0.4, 0.5) is 0 Å². The minimum absolute atomic E-state index is 0.129. The lowest BCUT2D eigenvalue weighted by atomic mass is 10.1. The molecule has 1 aliphatic heterocycles. The summed E-state index contributed by atoms with van der Waals surface area (Å²) in [7, 11) is 0. The SMILES string of the molecule is O=C1Oc2ccc(Cl)cc2C(=O)Oc2ccc(Cl)cc2C(=O)Oc2ccc(Cl)cc2C(=O)Oc2ccc(Cl)cc21. The number of hydrogen-bond acceptors (Lipinski definition) is 8. The Morgan fingerprint density at radius 3 is 0.750 bits per heavy atom. The van der Waals surface area contributed by atoms with E-state index >= 15 is 0 Å². The molecule has 4 aromatic carbocycles. The molecule has 0 unspecified atom stereocenters. The van der Waals surface area contributed by atoms with Gasteiger partial charge in [0.05, 0.1) is 0 Å². The minimum atomic E-state index is -1.02. The molecule has 1 heterocycles. The highest BCUT2D eigenvalue weighted by atomic mass is 35.5. The first-order chi connectivity index (χ1) is 19.1. The third kappa shape index (κ3) is 5.76. The van der Waals surface area contributed by atoms with Gasteiger partial charge in [0.1, 0.15) is 45.3 Å². The summed E-state index contributed by atoms with van der Waals surface area (Å²) in [6.45, 7) is 0. The molecule has 0 bridgehead atoms. The van der Waals surface area contributed by atoms with E-state index in [9.17, 15) is 19.2 Å². The van der Waals surface area contributed by atoms with E-state index in [1.807, 2.05) is 0 Å². The van der Waals surface area contributed by atoms with E-state index < -0.39 is 23.9 Å². The van der Waals surface area contributed by atoms with E-state index in [-0.39, 0.29) is 65.3 Å². The van der Waals surface area contributed by atoms with Crippen LogP contribution >= 0.6 is 46.4 Å². The predicted octanol–water partition coefficient (Wildman–Crippen LogP) is 7.49. The van der Waals surface area contributed by atoms with Gasteiger partial charge in [-0.15, -0.1) is 0 Å². The van der Waals surface area contributed by atoms with E-state index in [2.05, 4.69) is 0 Å². The first-order valence-corrected chi connectivity index (χ1v) is 12.7. The normalized spacial score (nSPS) is 13.5. The Bertz CT molecular complexity index is 1480. The van der Waals surface area contributed by atoms with Crippen molar-refractivity contribution in [3.63, 3.8) is 0 Å². The summed E-state index contributed by atoms with van der Waals surface area (Å²) >= 11 is 24.4. The average Bonchev–Trinajstić information content (AvgIpc) is 2.91. The van der Waals surface area contributed by atoms with Crippen LogP contribution in [0.2, 0.25) is 20.1 Å². The number of carbonyl (C=O) groups excluding carboxylic acids is 4. The van der Waals surface area contributed by atoms with Crippen molar-refractivity contribution in [2.24, 2.45) is 0 Å². The Balaban J connectivity index is 1.70. The van der Waals surface area contributed by atoms with Crippen molar-refractivity contribution < 1.29 is 38.1 Å². The summed E-state index contributed by atoms with van der Waals surface area (Å²) in [5.74, 6) is -5.01. The van der Waals surface area contributed by atoms with Gasteiger partial charge in [0.2, 0.25) is 0 Å². The highest BCUT2D eigenvalue weighted by Gasteiger charge is 2.27. The minimum Gasteiger partial charge on any atom is -0.422 e. The molecule has 0 radical (unpaired) electrons. The molecule has 0 fully saturated rings. The van der Waals surface area contributed by atoms with Crippen molar-refractivity contribution in [2.75, 3.05) is 0 Å². The fraction of sp³-hybridized carbons (Fsp3) is 0. The van der Waals surface area contributed by atoms with E-state index in [1.54, 1.807) is 0 Å². The van der Waals surface area contributed by atoms with Gasteiger partial charge in [0.15, 0.2) is 0 Å². The standard InChI is InChI=1S/C28H12Cl4O8/c29-13-1-5-21-17(9-13)25(33)38-23-7-3-15(31)11-19(23)27(35)40-24-8-4-16(32)12-20(24)28(36)39-22-6-2-14(30)10-18(22)26(34)37-21/h1-12H. The molecule has 0 atom stereocenters. The smallest absolute Gasteiger partial charge is 0.347 e. The Kier molecular flexibility index (Phi) is 7.69. The first kappa shape index (κ1) is 27.5. The van der Waals surface area contributed by atoms with E-state index in [4.69, 9.17) is 65.4 Å². The molecule has 0 amide bonds. The van der Waals surface area contributed by atoms with Gasteiger partial charge in [-0.2, -0.15) is 0 Å². The zero-order chi connectivity index (χ0) is 28.6. The van der Waals surface area contributed by atoms with Crippen LogP contribution in [0.1, 0.15) is 41.4 Å². The number of halogens is 4. The van der Waals surface area contributed by atoms with Crippen LogP contribution in [0.25, 0.3) is 0 Å². The fourth-order valence-corrected chi connectivity index (χ4v) is 4.31. The van der Waals surface area contributed by atoms with Crippen LogP contribution < -0.4 is 18.9 Å². The lowest BCUT2D eigenvalue weighted by molar-refractivity contribution is 0.0688. The van der Waals surface area contributed by atoms with Gasteiger partial charge < -0.3 is 18.9 Å². The van der Waals surface area contributed by atoms with Crippen LogP contribution in [0.15, 0.2) is 72.8 Å². The van der Waals surface area contributed by atoms with Crippen LogP contribution in [-0.4, -0.2) is 23.9 Å². The molecule has 40 heavy (non-hydrogen) atoms. The molecule has 0 aromatic heterocycles. The lowest BCUT2D eigenvalue weighted by Crippen LogP contribution is -2.20. The number of ether oxygens (including phenoxy) is 4. The van der Waals surface area contributed by atoms with Crippen LogP contribution in [-0.2, 0) is 0 Å². The second kappa shape index (κ2) is 11.2.